The Kier molecular flexibility index (Phi) is 2.47. The largest absolute Gasteiger partial charge is 0.284 e. The van der Waals surface area contributed by atoms with E-state index in [1.165, 1.54) is 5.69 Å². The molecule has 0 spiro atoms. The van der Waals surface area contributed by atoms with Crippen LogP contribution in [-0.2, 0) is 0 Å². The zero-order valence-corrected chi connectivity index (χ0v) is 7.49. The molecule has 62 valence electrons. The molecule has 2 nitrogen and oxygen atoms in total. The molecular formula is C10H13N2+. The van der Waals surface area contributed by atoms with Gasteiger partial charge in [-0.2, -0.15) is 5.26 Å². The van der Waals surface area contributed by atoms with Gasteiger partial charge in [-0.1, -0.05) is 18.2 Å². The van der Waals surface area contributed by atoms with Crippen molar-refractivity contribution in [2.75, 3.05) is 20.6 Å². The van der Waals surface area contributed by atoms with Crippen LogP contribution in [0.2, 0.25) is 0 Å². The summed E-state index contributed by atoms with van der Waals surface area (Å²) in [5.74, 6) is 0. The zero-order valence-electron chi connectivity index (χ0n) is 7.49. The van der Waals surface area contributed by atoms with Gasteiger partial charge in [0.2, 0.25) is 0 Å². The van der Waals surface area contributed by atoms with E-state index < -0.39 is 0 Å². The van der Waals surface area contributed by atoms with E-state index in [2.05, 4.69) is 6.07 Å². The number of hydrogen-bond acceptors (Lipinski definition) is 1. The van der Waals surface area contributed by atoms with Gasteiger partial charge in [-0.3, -0.25) is 4.48 Å². The number of hydrogen-bond donors (Lipinski definition) is 0. The summed E-state index contributed by atoms with van der Waals surface area (Å²) in [6.07, 6.45) is 0. The number of para-hydroxylation sites is 1. The van der Waals surface area contributed by atoms with Gasteiger partial charge in [-0.25, -0.2) is 0 Å². The Morgan fingerprint density at radius 2 is 1.83 bits per heavy atom. The Hall–Kier alpha value is -1.33. The molecule has 0 aromatic heterocycles. The fraction of sp³-hybridized carbons (Fsp3) is 0.300. The van der Waals surface area contributed by atoms with E-state index in [0.29, 0.717) is 11.0 Å². The first-order chi connectivity index (χ1) is 5.67. The lowest BCUT2D eigenvalue weighted by Crippen LogP contribution is -2.40. The predicted molar refractivity (Wildman–Crippen MR) is 50.6 cm³/mol. The van der Waals surface area contributed by atoms with E-state index in [0.717, 1.165) is 0 Å². The molecule has 2 heteroatoms. The summed E-state index contributed by atoms with van der Waals surface area (Å²) in [5, 5.41) is 8.60. The summed E-state index contributed by atoms with van der Waals surface area (Å²) in [4.78, 5) is 0. The van der Waals surface area contributed by atoms with E-state index >= 15 is 0 Å². The van der Waals surface area contributed by atoms with Gasteiger partial charge in [-0.05, 0) is 12.1 Å². The van der Waals surface area contributed by atoms with Gasteiger partial charge in [0, 0.05) is 0 Å². The summed E-state index contributed by atoms with van der Waals surface area (Å²) >= 11 is 0. The second kappa shape index (κ2) is 3.38. The molecule has 0 aliphatic heterocycles. The van der Waals surface area contributed by atoms with Crippen molar-refractivity contribution < 1.29 is 0 Å². The lowest BCUT2D eigenvalue weighted by Gasteiger charge is -2.25. The Morgan fingerprint density at radius 3 is 2.33 bits per heavy atom. The van der Waals surface area contributed by atoms with Gasteiger partial charge >= 0.3 is 0 Å². The average molecular weight is 161 g/mol. The van der Waals surface area contributed by atoms with Crippen LogP contribution in [0.3, 0.4) is 0 Å². The van der Waals surface area contributed by atoms with Crippen molar-refractivity contribution in [2.45, 2.75) is 0 Å². The van der Waals surface area contributed by atoms with Gasteiger partial charge in [-0.15, -0.1) is 0 Å². The standard InChI is InChI=1S/C10H13N2/c1-12(2,9-8-11)10-6-4-3-5-7-10/h3-7H,9H2,1-2H3/q+1. The van der Waals surface area contributed by atoms with Crippen LogP contribution in [0.5, 0.6) is 0 Å². The van der Waals surface area contributed by atoms with Crippen LogP contribution in [-0.4, -0.2) is 20.6 Å². The molecule has 0 fully saturated rings. The van der Waals surface area contributed by atoms with E-state index in [-0.39, 0.29) is 0 Å². The summed E-state index contributed by atoms with van der Waals surface area (Å²) in [7, 11) is 4.05. The number of benzene rings is 1. The molecule has 0 unspecified atom stereocenters. The maximum Gasteiger partial charge on any atom is 0.170 e. The van der Waals surface area contributed by atoms with Crippen LogP contribution < -0.4 is 4.48 Å². The molecule has 1 rings (SSSR count). The summed E-state index contributed by atoms with van der Waals surface area (Å²) < 4.78 is 0.622. The van der Waals surface area contributed by atoms with Gasteiger partial charge in [0.05, 0.1) is 14.1 Å². The number of nitrogens with zero attached hydrogens (tertiary/aromatic N) is 2. The van der Waals surface area contributed by atoms with Crippen molar-refractivity contribution in [3.63, 3.8) is 0 Å². The first-order valence-corrected chi connectivity index (χ1v) is 3.92. The molecule has 0 radical (unpaired) electrons. The van der Waals surface area contributed by atoms with Crippen molar-refractivity contribution >= 4 is 5.69 Å². The van der Waals surface area contributed by atoms with Crippen molar-refractivity contribution in [1.29, 1.82) is 5.26 Å². The third-order valence-electron chi connectivity index (χ3n) is 1.92. The highest BCUT2D eigenvalue weighted by Crippen LogP contribution is 2.16. The predicted octanol–water partition coefficient (Wildman–Crippen LogP) is 1.78. The zero-order chi connectivity index (χ0) is 9.03. The lowest BCUT2D eigenvalue weighted by molar-refractivity contribution is 0.446. The van der Waals surface area contributed by atoms with Gasteiger partial charge in [0.25, 0.3) is 0 Å². The van der Waals surface area contributed by atoms with Crippen LogP contribution in [0.1, 0.15) is 0 Å². The minimum Gasteiger partial charge on any atom is -0.284 e. The van der Waals surface area contributed by atoms with Crippen molar-refractivity contribution in [3.05, 3.63) is 30.3 Å². The second-order valence-electron chi connectivity index (χ2n) is 3.34. The highest BCUT2D eigenvalue weighted by Gasteiger charge is 2.16. The molecule has 0 aliphatic carbocycles. The fourth-order valence-electron chi connectivity index (χ4n) is 1.10. The van der Waals surface area contributed by atoms with E-state index in [9.17, 15) is 0 Å². The average Bonchev–Trinajstić information content (AvgIpc) is 2.06. The minimum absolute atomic E-state index is 0.504. The van der Waals surface area contributed by atoms with Crippen molar-refractivity contribution in [3.8, 4) is 6.07 Å². The SMILES string of the molecule is C[N+](C)(CC#N)c1ccccc1. The highest BCUT2D eigenvalue weighted by atomic mass is 15.3. The normalized spacial score (nSPS) is 10.8. The number of rotatable bonds is 2. The fourth-order valence-corrected chi connectivity index (χ4v) is 1.10. The quantitative estimate of drug-likeness (QED) is 0.479. The molecule has 0 heterocycles. The van der Waals surface area contributed by atoms with Gasteiger partial charge < -0.3 is 0 Å². The Morgan fingerprint density at radius 1 is 1.25 bits per heavy atom. The van der Waals surface area contributed by atoms with Gasteiger partial charge in [0.1, 0.15) is 11.8 Å². The summed E-state index contributed by atoms with van der Waals surface area (Å²) in [5.41, 5.74) is 1.17. The first-order valence-electron chi connectivity index (χ1n) is 3.92. The Labute approximate surface area is 73.3 Å². The third kappa shape index (κ3) is 1.84. The van der Waals surface area contributed by atoms with Crippen LogP contribution in [0.25, 0.3) is 0 Å². The monoisotopic (exact) mass is 161 g/mol. The summed E-state index contributed by atoms with van der Waals surface area (Å²) in [6, 6.07) is 12.2. The van der Waals surface area contributed by atoms with Crippen molar-refractivity contribution in [1.82, 2.24) is 4.48 Å². The molecule has 0 saturated heterocycles. The Balaban J connectivity index is 2.91. The third-order valence-corrected chi connectivity index (χ3v) is 1.92. The maximum atomic E-state index is 8.60. The molecule has 0 atom stereocenters. The highest BCUT2D eigenvalue weighted by molar-refractivity contribution is 5.41. The maximum absolute atomic E-state index is 8.60. The minimum atomic E-state index is 0.504. The van der Waals surface area contributed by atoms with Crippen LogP contribution in [0.15, 0.2) is 30.3 Å². The molecule has 0 amide bonds. The molecular weight excluding hydrogens is 148 g/mol. The van der Waals surface area contributed by atoms with Crippen LogP contribution in [0, 0.1) is 11.3 Å². The summed E-state index contributed by atoms with van der Waals surface area (Å²) in [6.45, 7) is 0.504. The topological polar surface area (TPSA) is 23.8 Å². The number of nitriles is 1. The number of quaternary nitrogens is 1. The molecule has 0 N–H and O–H groups in total. The molecule has 1 aromatic carbocycles. The van der Waals surface area contributed by atoms with Crippen LogP contribution >= 0.6 is 0 Å². The molecule has 1 aromatic rings. The Bertz CT molecular complexity index is 282. The van der Waals surface area contributed by atoms with E-state index in [1.807, 2.05) is 44.4 Å². The van der Waals surface area contributed by atoms with E-state index in [4.69, 9.17) is 5.26 Å². The molecule has 0 saturated carbocycles. The molecule has 0 aliphatic rings. The van der Waals surface area contributed by atoms with Gasteiger partial charge in [0.15, 0.2) is 6.54 Å². The first kappa shape index (κ1) is 8.76. The lowest BCUT2D eigenvalue weighted by atomic mass is 10.2. The molecule has 12 heavy (non-hydrogen) atoms. The van der Waals surface area contributed by atoms with E-state index in [1.54, 1.807) is 0 Å². The smallest absolute Gasteiger partial charge is 0.170 e. The second-order valence-corrected chi connectivity index (χ2v) is 3.34. The van der Waals surface area contributed by atoms with Crippen LogP contribution in [0.4, 0.5) is 5.69 Å². The molecule has 0 bridgehead atoms. The van der Waals surface area contributed by atoms with Crippen molar-refractivity contribution in [2.24, 2.45) is 0 Å².